The Morgan fingerprint density at radius 1 is 1.22 bits per heavy atom. The van der Waals surface area contributed by atoms with Crippen molar-refractivity contribution >= 4 is 7.47 Å². The maximum Gasteiger partial charge on any atom is 0.721 e. The van der Waals surface area contributed by atoms with Crippen molar-refractivity contribution in [3.63, 3.8) is 0 Å². The van der Waals surface area contributed by atoms with Crippen molar-refractivity contribution in [3.05, 3.63) is 0 Å². The van der Waals surface area contributed by atoms with Gasteiger partial charge < -0.3 is 9.39 Å². The fourth-order valence-corrected chi connectivity index (χ4v) is 0.251. The maximum absolute atomic E-state index is 11.1. The third-order valence-corrected chi connectivity index (χ3v) is 0.549. The largest absolute Gasteiger partial charge is 0.721 e. The number of ether oxygens (including phenoxy) is 1. The highest BCUT2D eigenvalue weighted by Gasteiger charge is 2.13. The first-order valence-electron chi connectivity index (χ1n) is 2.31. The lowest BCUT2D eigenvalue weighted by atomic mass is 10.4. The molecule has 9 heavy (non-hydrogen) atoms. The van der Waals surface area contributed by atoms with Crippen molar-refractivity contribution in [3.8, 4) is 0 Å². The van der Waals surface area contributed by atoms with Gasteiger partial charge >= 0.3 is 7.47 Å². The topological polar surface area (TPSA) is 18.5 Å². The zero-order valence-corrected chi connectivity index (χ0v) is 4.65. The van der Waals surface area contributed by atoms with E-state index in [1.165, 1.54) is 0 Å². The SMILES string of the molecule is FCOCCOB(F)F. The van der Waals surface area contributed by atoms with Gasteiger partial charge in [0.15, 0.2) is 6.86 Å². The number of halogens is 3. The Hall–Kier alpha value is -0.225. The van der Waals surface area contributed by atoms with E-state index in [9.17, 15) is 13.0 Å². The summed E-state index contributed by atoms with van der Waals surface area (Å²) in [6.07, 6.45) is 0. The Labute approximate surface area is 51.1 Å². The first kappa shape index (κ1) is 8.77. The van der Waals surface area contributed by atoms with Gasteiger partial charge in [-0.1, -0.05) is 0 Å². The molecule has 0 rings (SSSR count). The van der Waals surface area contributed by atoms with E-state index in [1.54, 1.807) is 0 Å². The van der Waals surface area contributed by atoms with E-state index in [4.69, 9.17) is 0 Å². The van der Waals surface area contributed by atoms with Gasteiger partial charge in [0.25, 0.3) is 0 Å². The van der Waals surface area contributed by atoms with Crippen LogP contribution in [0.25, 0.3) is 0 Å². The van der Waals surface area contributed by atoms with E-state index in [2.05, 4.69) is 9.39 Å². The van der Waals surface area contributed by atoms with Gasteiger partial charge in [0.2, 0.25) is 0 Å². The predicted octanol–water partition coefficient (Wildman–Crippen LogP) is 0.871. The van der Waals surface area contributed by atoms with E-state index < -0.39 is 14.3 Å². The number of alkyl halides is 1. The lowest BCUT2D eigenvalue weighted by Gasteiger charge is -1.97. The minimum Gasteiger partial charge on any atom is -0.377 e. The summed E-state index contributed by atoms with van der Waals surface area (Å²) in [6, 6.07) is 0. The molecule has 0 aromatic rings. The molecule has 0 saturated carbocycles. The number of rotatable bonds is 5. The Bertz CT molecular complexity index is 63.0. The Morgan fingerprint density at radius 3 is 2.33 bits per heavy atom. The van der Waals surface area contributed by atoms with Crippen LogP contribution >= 0.6 is 0 Å². The van der Waals surface area contributed by atoms with Crippen LogP contribution in [0.4, 0.5) is 13.0 Å². The van der Waals surface area contributed by atoms with Gasteiger partial charge in [0.1, 0.15) is 0 Å². The van der Waals surface area contributed by atoms with E-state index in [1.807, 2.05) is 0 Å². The molecule has 0 aromatic carbocycles. The van der Waals surface area contributed by atoms with E-state index in [-0.39, 0.29) is 13.2 Å². The van der Waals surface area contributed by atoms with Crippen LogP contribution < -0.4 is 0 Å². The summed E-state index contributed by atoms with van der Waals surface area (Å²) in [5, 5.41) is 0. The first-order chi connectivity index (χ1) is 4.27. The summed E-state index contributed by atoms with van der Waals surface area (Å²) < 4.78 is 41.0. The van der Waals surface area contributed by atoms with Crippen molar-refractivity contribution in [1.29, 1.82) is 0 Å². The highest BCUT2D eigenvalue weighted by atomic mass is 19.2. The van der Waals surface area contributed by atoms with Crippen molar-refractivity contribution in [2.45, 2.75) is 0 Å². The average molecular weight is 142 g/mol. The molecule has 0 N–H and O–H groups in total. The van der Waals surface area contributed by atoms with Gasteiger partial charge in [-0.05, 0) is 0 Å². The van der Waals surface area contributed by atoms with Crippen molar-refractivity contribution in [2.24, 2.45) is 0 Å². The smallest absolute Gasteiger partial charge is 0.377 e. The van der Waals surface area contributed by atoms with E-state index in [0.717, 1.165) is 0 Å². The molecule has 0 unspecified atom stereocenters. The fraction of sp³-hybridized carbons (Fsp3) is 1.00. The van der Waals surface area contributed by atoms with Crippen LogP contribution in [0.5, 0.6) is 0 Å². The minimum atomic E-state index is -2.80. The molecule has 0 fully saturated rings. The molecule has 2 nitrogen and oxygen atoms in total. The van der Waals surface area contributed by atoms with Gasteiger partial charge in [-0.15, -0.1) is 0 Å². The van der Waals surface area contributed by atoms with Crippen molar-refractivity contribution in [1.82, 2.24) is 0 Å². The molecule has 0 radical (unpaired) electrons. The lowest BCUT2D eigenvalue weighted by Crippen LogP contribution is -2.10. The maximum atomic E-state index is 11.1. The summed E-state index contributed by atoms with van der Waals surface area (Å²) >= 11 is 0. The third-order valence-electron chi connectivity index (χ3n) is 0.549. The first-order valence-corrected chi connectivity index (χ1v) is 2.31. The monoisotopic (exact) mass is 142 g/mol. The zero-order valence-electron chi connectivity index (χ0n) is 4.65. The average Bonchev–Trinajstić information content (AvgIpc) is 1.80. The second-order valence-electron chi connectivity index (χ2n) is 1.15. The summed E-state index contributed by atoms with van der Waals surface area (Å²) in [5.41, 5.74) is 0. The van der Waals surface area contributed by atoms with Crippen LogP contribution in [0.1, 0.15) is 0 Å². The molecule has 54 valence electrons. The molecule has 6 heteroatoms. The normalized spacial score (nSPS) is 9.67. The lowest BCUT2D eigenvalue weighted by molar-refractivity contribution is 0.0345. The molecule has 0 aliphatic rings. The summed E-state index contributed by atoms with van der Waals surface area (Å²) in [5.74, 6) is 0. The summed E-state index contributed by atoms with van der Waals surface area (Å²) in [7, 11) is -2.80. The molecular weight excluding hydrogens is 136 g/mol. The molecule has 0 aliphatic heterocycles. The van der Waals surface area contributed by atoms with Crippen LogP contribution in [0.3, 0.4) is 0 Å². The van der Waals surface area contributed by atoms with Crippen LogP contribution in [0.2, 0.25) is 0 Å². The molecule has 0 heterocycles. The second-order valence-corrected chi connectivity index (χ2v) is 1.15. The Balaban J connectivity index is 2.75. The molecule has 0 aliphatic carbocycles. The van der Waals surface area contributed by atoms with Crippen LogP contribution in [-0.4, -0.2) is 27.5 Å². The van der Waals surface area contributed by atoms with Crippen molar-refractivity contribution < 1.29 is 22.4 Å². The standard InChI is InChI=1S/C3H6BF3O2/c5-3-8-1-2-9-4(6)7/h1-3H2. The second kappa shape index (κ2) is 5.90. The van der Waals surface area contributed by atoms with Gasteiger partial charge in [-0.3, -0.25) is 8.63 Å². The highest BCUT2D eigenvalue weighted by molar-refractivity contribution is 6.34. The molecule has 0 saturated heterocycles. The van der Waals surface area contributed by atoms with Gasteiger partial charge in [0, 0.05) is 0 Å². The molecular formula is C3H6BF3O2. The van der Waals surface area contributed by atoms with Crippen molar-refractivity contribution in [2.75, 3.05) is 20.1 Å². The van der Waals surface area contributed by atoms with Gasteiger partial charge in [-0.2, -0.15) is 0 Å². The number of hydrogen-bond donors (Lipinski definition) is 0. The van der Waals surface area contributed by atoms with Crippen LogP contribution in [-0.2, 0) is 9.39 Å². The molecule has 0 amide bonds. The quantitative estimate of drug-likeness (QED) is 0.418. The summed E-state index contributed by atoms with van der Waals surface area (Å²) in [4.78, 5) is 0. The van der Waals surface area contributed by atoms with Crippen LogP contribution in [0, 0.1) is 0 Å². The fourth-order valence-electron chi connectivity index (χ4n) is 0.251. The Morgan fingerprint density at radius 2 is 1.89 bits per heavy atom. The Kier molecular flexibility index (Phi) is 5.76. The zero-order chi connectivity index (χ0) is 7.11. The summed E-state index contributed by atoms with van der Waals surface area (Å²) in [6.45, 7) is -1.38. The van der Waals surface area contributed by atoms with Gasteiger partial charge in [-0.25, -0.2) is 4.39 Å². The molecule has 0 atom stereocenters. The minimum absolute atomic E-state index is 0.138. The highest BCUT2D eigenvalue weighted by Crippen LogP contribution is 1.87. The molecule has 0 aromatic heterocycles. The van der Waals surface area contributed by atoms with E-state index >= 15 is 0 Å². The van der Waals surface area contributed by atoms with E-state index in [0.29, 0.717) is 0 Å². The molecule has 0 spiro atoms. The van der Waals surface area contributed by atoms with Gasteiger partial charge in [0.05, 0.1) is 13.2 Å². The molecule has 0 bridgehead atoms. The number of hydrogen-bond acceptors (Lipinski definition) is 2. The predicted molar refractivity (Wildman–Crippen MR) is 25.8 cm³/mol. The van der Waals surface area contributed by atoms with Crippen LogP contribution in [0.15, 0.2) is 0 Å². The third kappa shape index (κ3) is 7.77.